The number of hydrogen-bond donors (Lipinski definition) is 1. The van der Waals surface area contributed by atoms with Crippen LogP contribution in [-0.2, 0) is 4.79 Å². The minimum absolute atomic E-state index is 0.106. The molecule has 1 aromatic heterocycles. The monoisotopic (exact) mass is 278 g/mol. The lowest BCUT2D eigenvalue weighted by Crippen LogP contribution is -2.26. The van der Waals surface area contributed by atoms with Crippen LogP contribution in [0.2, 0.25) is 0 Å². The second-order valence-electron chi connectivity index (χ2n) is 4.97. The van der Waals surface area contributed by atoms with Gasteiger partial charge in [0.1, 0.15) is 11.6 Å². The summed E-state index contributed by atoms with van der Waals surface area (Å²) >= 11 is 0. The summed E-state index contributed by atoms with van der Waals surface area (Å²) in [5.41, 5.74) is 1.76. The Hall–Kier alpha value is -2.87. The number of nitriles is 1. The summed E-state index contributed by atoms with van der Waals surface area (Å²) in [5, 5.41) is 16.2. The van der Waals surface area contributed by atoms with Crippen molar-refractivity contribution in [1.82, 2.24) is 15.1 Å². The van der Waals surface area contributed by atoms with Crippen LogP contribution in [0.25, 0.3) is 11.8 Å². The molecule has 5 nitrogen and oxygen atoms in total. The van der Waals surface area contributed by atoms with Crippen LogP contribution in [0.1, 0.15) is 18.4 Å². The average Bonchev–Trinajstić information content (AvgIpc) is 3.20. The Morgan fingerprint density at radius 2 is 2.14 bits per heavy atom. The third-order valence-corrected chi connectivity index (χ3v) is 3.21. The Morgan fingerprint density at radius 3 is 2.81 bits per heavy atom. The molecule has 1 aromatic carbocycles. The van der Waals surface area contributed by atoms with E-state index in [1.54, 1.807) is 23.2 Å². The van der Waals surface area contributed by atoms with E-state index in [-0.39, 0.29) is 17.5 Å². The van der Waals surface area contributed by atoms with Crippen LogP contribution in [0, 0.1) is 11.3 Å². The van der Waals surface area contributed by atoms with Crippen molar-refractivity contribution in [2.75, 3.05) is 0 Å². The first kappa shape index (κ1) is 13.1. The van der Waals surface area contributed by atoms with Crippen molar-refractivity contribution in [3.63, 3.8) is 0 Å². The summed E-state index contributed by atoms with van der Waals surface area (Å²) < 4.78 is 1.71. The van der Waals surface area contributed by atoms with Gasteiger partial charge in [-0.05, 0) is 31.1 Å². The molecular weight excluding hydrogens is 264 g/mol. The van der Waals surface area contributed by atoms with E-state index in [2.05, 4.69) is 10.4 Å². The van der Waals surface area contributed by atoms with E-state index < -0.39 is 0 Å². The molecule has 1 N–H and O–H groups in total. The second-order valence-corrected chi connectivity index (χ2v) is 4.97. The van der Waals surface area contributed by atoms with Crippen LogP contribution in [0.4, 0.5) is 0 Å². The van der Waals surface area contributed by atoms with Gasteiger partial charge >= 0.3 is 0 Å². The summed E-state index contributed by atoms with van der Waals surface area (Å²) in [6, 6.07) is 11.8. The van der Waals surface area contributed by atoms with Gasteiger partial charge in [-0.3, -0.25) is 4.79 Å². The Labute approximate surface area is 122 Å². The number of benzene rings is 1. The molecule has 21 heavy (non-hydrogen) atoms. The normalized spacial score (nSPS) is 14.5. The number of para-hydroxylation sites is 1. The molecule has 1 saturated carbocycles. The Bertz CT molecular complexity index is 720. The number of rotatable bonds is 4. The lowest BCUT2D eigenvalue weighted by Gasteiger charge is -2.00. The van der Waals surface area contributed by atoms with E-state index >= 15 is 0 Å². The molecule has 104 valence electrons. The van der Waals surface area contributed by atoms with Crippen LogP contribution < -0.4 is 5.32 Å². The first-order chi connectivity index (χ1) is 10.3. The maximum absolute atomic E-state index is 11.9. The van der Waals surface area contributed by atoms with Gasteiger partial charge in [0.25, 0.3) is 5.91 Å². The third-order valence-electron chi connectivity index (χ3n) is 3.21. The van der Waals surface area contributed by atoms with E-state index in [9.17, 15) is 4.79 Å². The number of hydrogen-bond acceptors (Lipinski definition) is 3. The number of nitrogens with one attached hydrogen (secondary N) is 1. The highest BCUT2D eigenvalue weighted by atomic mass is 16.1. The first-order valence-electron chi connectivity index (χ1n) is 6.79. The molecule has 0 unspecified atom stereocenters. The number of carbonyl (C=O) groups is 1. The lowest BCUT2D eigenvalue weighted by atomic mass is 10.2. The molecule has 3 rings (SSSR count). The molecule has 1 amide bonds. The molecule has 1 heterocycles. The lowest BCUT2D eigenvalue weighted by molar-refractivity contribution is -0.117. The van der Waals surface area contributed by atoms with Gasteiger partial charge in [-0.1, -0.05) is 18.2 Å². The van der Waals surface area contributed by atoms with Gasteiger partial charge in [0, 0.05) is 17.8 Å². The molecule has 0 bridgehead atoms. The zero-order chi connectivity index (χ0) is 14.7. The van der Waals surface area contributed by atoms with Gasteiger partial charge in [0.15, 0.2) is 0 Å². The van der Waals surface area contributed by atoms with Gasteiger partial charge in [-0.15, -0.1) is 0 Å². The molecule has 0 aliphatic heterocycles. The molecule has 0 saturated heterocycles. The number of carbonyl (C=O) groups excluding carboxylic acids is 1. The van der Waals surface area contributed by atoms with E-state index in [0.717, 1.165) is 24.1 Å². The summed E-state index contributed by atoms with van der Waals surface area (Å²) in [5.74, 6) is -0.313. The second kappa shape index (κ2) is 5.63. The SMILES string of the molecule is N#C/C(=C\c1cnn(-c2ccccc2)c1)C(=O)NC1CC1. The number of nitrogens with zero attached hydrogens (tertiary/aromatic N) is 3. The van der Waals surface area contributed by atoms with Gasteiger partial charge in [0.2, 0.25) is 0 Å². The molecule has 1 aliphatic rings. The fraction of sp³-hybridized carbons (Fsp3) is 0.188. The molecule has 5 heteroatoms. The zero-order valence-electron chi connectivity index (χ0n) is 11.4. The fourth-order valence-corrected chi connectivity index (χ4v) is 1.94. The van der Waals surface area contributed by atoms with Gasteiger partial charge in [0.05, 0.1) is 11.9 Å². The van der Waals surface area contributed by atoms with Crippen molar-refractivity contribution in [3.05, 3.63) is 53.9 Å². The molecule has 2 aromatic rings. The van der Waals surface area contributed by atoms with Crippen molar-refractivity contribution < 1.29 is 4.79 Å². The van der Waals surface area contributed by atoms with Crippen LogP contribution >= 0.6 is 0 Å². The average molecular weight is 278 g/mol. The highest BCUT2D eigenvalue weighted by molar-refractivity contribution is 6.01. The van der Waals surface area contributed by atoms with Crippen LogP contribution in [0.15, 0.2) is 48.3 Å². The maximum Gasteiger partial charge on any atom is 0.262 e. The quantitative estimate of drug-likeness (QED) is 0.687. The molecule has 0 spiro atoms. The van der Waals surface area contributed by atoms with E-state index in [1.165, 1.54) is 0 Å². The van der Waals surface area contributed by atoms with Gasteiger partial charge < -0.3 is 5.32 Å². The Kier molecular flexibility index (Phi) is 3.52. The van der Waals surface area contributed by atoms with Crippen molar-refractivity contribution >= 4 is 12.0 Å². The van der Waals surface area contributed by atoms with Crippen molar-refractivity contribution in [2.45, 2.75) is 18.9 Å². The highest BCUT2D eigenvalue weighted by Crippen LogP contribution is 2.19. The molecule has 0 radical (unpaired) electrons. The van der Waals surface area contributed by atoms with Gasteiger partial charge in [-0.25, -0.2) is 4.68 Å². The summed E-state index contributed by atoms with van der Waals surface area (Å²) in [6.45, 7) is 0. The topological polar surface area (TPSA) is 70.7 Å². The number of amides is 1. The van der Waals surface area contributed by atoms with Crippen LogP contribution in [0.3, 0.4) is 0 Å². The molecule has 1 fully saturated rings. The molecule has 1 aliphatic carbocycles. The largest absolute Gasteiger partial charge is 0.349 e. The third kappa shape index (κ3) is 3.18. The highest BCUT2D eigenvalue weighted by Gasteiger charge is 2.24. The summed E-state index contributed by atoms with van der Waals surface area (Å²) in [6.07, 6.45) is 6.97. The standard InChI is InChI=1S/C16H14N4O/c17-9-13(16(21)19-14-6-7-14)8-12-10-18-20(11-12)15-4-2-1-3-5-15/h1-5,8,10-11,14H,6-7H2,(H,19,21)/b13-8+. The van der Waals surface area contributed by atoms with E-state index in [4.69, 9.17) is 5.26 Å². The smallest absolute Gasteiger partial charge is 0.262 e. The van der Waals surface area contributed by atoms with E-state index in [0.29, 0.717) is 0 Å². The Balaban J connectivity index is 1.80. The number of aromatic nitrogens is 2. The minimum atomic E-state index is -0.313. The van der Waals surface area contributed by atoms with Crippen molar-refractivity contribution in [3.8, 4) is 11.8 Å². The van der Waals surface area contributed by atoms with Crippen LogP contribution in [-0.4, -0.2) is 21.7 Å². The Morgan fingerprint density at radius 1 is 1.38 bits per heavy atom. The van der Waals surface area contributed by atoms with Gasteiger partial charge in [-0.2, -0.15) is 10.4 Å². The van der Waals surface area contributed by atoms with E-state index in [1.807, 2.05) is 36.4 Å². The predicted molar refractivity (Wildman–Crippen MR) is 78.3 cm³/mol. The summed E-state index contributed by atoms with van der Waals surface area (Å²) in [7, 11) is 0. The van der Waals surface area contributed by atoms with Crippen LogP contribution in [0.5, 0.6) is 0 Å². The van der Waals surface area contributed by atoms with Crippen molar-refractivity contribution in [1.29, 1.82) is 5.26 Å². The molecule has 0 atom stereocenters. The molecular formula is C16H14N4O. The fourth-order valence-electron chi connectivity index (χ4n) is 1.94. The minimum Gasteiger partial charge on any atom is -0.349 e. The zero-order valence-corrected chi connectivity index (χ0v) is 11.4. The predicted octanol–water partition coefficient (Wildman–Crippen LogP) is 2.06. The van der Waals surface area contributed by atoms with Crippen molar-refractivity contribution in [2.24, 2.45) is 0 Å². The first-order valence-corrected chi connectivity index (χ1v) is 6.79. The maximum atomic E-state index is 11.9. The summed E-state index contributed by atoms with van der Waals surface area (Å²) in [4.78, 5) is 11.9.